The number of quaternary nitrogens is 1. The smallest absolute Gasteiger partial charge is 0.268 e. The number of hydrogen-bond acceptors (Lipinski definition) is 6. The lowest BCUT2D eigenvalue weighted by atomic mass is 10.0. The summed E-state index contributed by atoms with van der Waals surface area (Å²) in [6.07, 6.45) is 60.2. The number of aliphatic hydroxyl groups excluding tert-OH is 1. The first-order chi connectivity index (χ1) is 31.0. The number of aliphatic hydroxyl groups is 1. The largest absolute Gasteiger partial charge is 0.756 e. The highest BCUT2D eigenvalue weighted by Crippen LogP contribution is 2.38. The van der Waals surface area contributed by atoms with Crippen LogP contribution in [0.2, 0.25) is 0 Å². The molecular weight excluding hydrogens is 816 g/mol. The molecule has 1 amide bonds. The van der Waals surface area contributed by atoms with Crippen molar-refractivity contribution in [3.63, 3.8) is 0 Å². The van der Waals surface area contributed by atoms with Gasteiger partial charge in [0.25, 0.3) is 7.82 Å². The third kappa shape index (κ3) is 48.4. The first-order valence-corrected chi connectivity index (χ1v) is 28.4. The summed E-state index contributed by atoms with van der Waals surface area (Å²) >= 11 is 0. The Morgan fingerprint density at radius 1 is 0.562 bits per heavy atom. The van der Waals surface area contributed by atoms with Crippen LogP contribution in [0, 0.1) is 0 Å². The molecule has 3 unspecified atom stereocenters. The monoisotopic (exact) mass is 921 g/mol. The zero-order valence-electron chi connectivity index (χ0n) is 42.7. The van der Waals surface area contributed by atoms with Crippen LogP contribution < -0.4 is 10.2 Å². The minimum Gasteiger partial charge on any atom is -0.756 e. The molecule has 376 valence electrons. The van der Waals surface area contributed by atoms with Crippen LogP contribution in [0.5, 0.6) is 0 Å². The number of carbonyl (C=O) groups excluding carboxylic acids is 1. The van der Waals surface area contributed by atoms with Crippen molar-refractivity contribution in [3.05, 3.63) is 48.6 Å². The minimum atomic E-state index is -4.56. The Labute approximate surface area is 397 Å². The van der Waals surface area contributed by atoms with Crippen LogP contribution in [0.15, 0.2) is 48.6 Å². The van der Waals surface area contributed by atoms with Crippen molar-refractivity contribution in [2.75, 3.05) is 40.9 Å². The minimum absolute atomic E-state index is 0.0127. The van der Waals surface area contributed by atoms with Crippen LogP contribution >= 0.6 is 7.82 Å². The average Bonchev–Trinajstić information content (AvgIpc) is 3.25. The van der Waals surface area contributed by atoms with E-state index in [0.717, 1.165) is 64.2 Å². The standard InChI is InChI=1S/C55H105N2O6P/c1-6-8-10-12-14-16-17-18-19-20-21-22-23-24-25-26-27-28-29-30-31-32-33-34-35-36-37-38-39-41-43-45-47-49-55(59)56-53(52-63-64(60,61)62-51-50-57(3,4)5)54(58)48-46-44-42-40-15-13-11-9-7-2/h8,10,14,16,18-19,21-22,53-54,58H,6-7,9,11-13,15,17,20,23-52H2,1-5H3,(H-,56,59,60,61)/b10-8-,16-14-,19-18-,22-21-. The molecule has 0 saturated heterocycles. The highest BCUT2D eigenvalue weighted by atomic mass is 31.2. The van der Waals surface area contributed by atoms with Gasteiger partial charge in [0.1, 0.15) is 13.2 Å². The van der Waals surface area contributed by atoms with Crippen molar-refractivity contribution >= 4 is 13.7 Å². The van der Waals surface area contributed by atoms with E-state index in [1.54, 1.807) is 0 Å². The molecule has 0 radical (unpaired) electrons. The Bertz CT molecular complexity index is 1180. The second-order valence-electron chi connectivity index (χ2n) is 19.6. The van der Waals surface area contributed by atoms with Crippen molar-refractivity contribution in [2.24, 2.45) is 0 Å². The molecule has 0 aromatic rings. The van der Waals surface area contributed by atoms with E-state index in [1.165, 1.54) is 154 Å². The van der Waals surface area contributed by atoms with Gasteiger partial charge in [0.05, 0.1) is 39.9 Å². The molecule has 0 bridgehead atoms. The number of nitrogens with zero attached hydrogens (tertiary/aromatic N) is 1. The fraction of sp³-hybridized carbons (Fsp3) is 0.836. The van der Waals surface area contributed by atoms with E-state index in [9.17, 15) is 19.4 Å². The van der Waals surface area contributed by atoms with Gasteiger partial charge < -0.3 is 28.8 Å². The van der Waals surface area contributed by atoms with Crippen molar-refractivity contribution in [1.29, 1.82) is 0 Å². The van der Waals surface area contributed by atoms with Gasteiger partial charge >= 0.3 is 0 Å². The molecule has 0 aliphatic carbocycles. The van der Waals surface area contributed by atoms with Crippen molar-refractivity contribution in [3.8, 4) is 0 Å². The van der Waals surface area contributed by atoms with E-state index in [4.69, 9.17) is 9.05 Å². The number of unbranched alkanes of at least 4 members (excludes halogenated alkanes) is 28. The van der Waals surface area contributed by atoms with Crippen molar-refractivity contribution in [2.45, 2.75) is 257 Å². The number of hydrogen-bond donors (Lipinski definition) is 2. The molecule has 3 atom stereocenters. The molecule has 0 aliphatic heterocycles. The number of likely N-dealkylation sites (N-methyl/N-ethyl adjacent to an activating group) is 1. The third-order valence-electron chi connectivity index (χ3n) is 12.1. The number of phosphoric ester groups is 1. The summed E-state index contributed by atoms with van der Waals surface area (Å²) in [6.45, 7) is 4.59. The molecule has 9 heteroatoms. The number of nitrogens with one attached hydrogen (secondary N) is 1. The third-order valence-corrected chi connectivity index (χ3v) is 13.0. The molecule has 0 heterocycles. The lowest BCUT2D eigenvalue weighted by Gasteiger charge is -2.30. The molecule has 0 aromatic heterocycles. The fourth-order valence-electron chi connectivity index (χ4n) is 7.86. The van der Waals surface area contributed by atoms with Crippen LogP contribution in [0.1, 0.15) is 245 Å². The summed E-state index contributed by atoms with van der Waals surface area (Å²) in [5, 5.41) is 13.9. The number of allylic oxidation sites excluding steroid dienone is 8. The molecule has 8 nitrogen and oxygen atoms in total. The van der Waals surface area contributed by atoms with Gasteiger partial charge in [0.2, 0.25) is 5.91 Å². The predicted octanol–water partition coefficient (Wildman–Crippen LogP) is 15.3. The molecule has 0 saturated carbocycles. The van der Waals surface area contributed by atoms with E-state index in [-0.39, 0.29) is 19.1 Å². The maximum absolute atomic E-state index is 12.9. The summed E-state index contributed by atoms with van der Waals surface area (Å²) in [7, 11) is 1.31. The SMILES string of the molecule is CC/C=C\C/C=C\C/C=C\C/C=C\CCCCCCCCCCCCCCCCCCCCCCC(=O)NC(COP(=O)([O-])OCC[N+](C)(C)C)C(O)CCCCCCCCCCC. The van der Waals surface area contributed by atoms with E-state index >= 15 is 0 Å². The summed E-state index contributed by atoms with van der Waals surface area (Å²) in [6, 6.07) is -0.797. The first kappa shape index (κ1) is 62.5. The summed E-state index contributed by atoms with van der Waals surface area (Å²) < 4.78 is 23.3. The molecule has 0 rings (SSSR count). The summed E-state index contributed by atoms with van der Waals surface area (Å²) in [5.74, 6) is -0.165. The van der Waals surface area contributed by atoms with Crippen LogP contribution in [0.4, 0.5) is 0 Å². The van der Waals surface area contributed by atoms with Gasteiger partial charge in [-0.1, -0.05) is 236 Å². The molecule has 0 aromatic carbocycles. The van der Waals surface area contributed by atoms with Crippen molar-refractivity contribution in [1.82, 2.24) is 5.32 Å². The Balaban J connectivity index is 3.91. The van der Waals surface area contributed by atoms with Gasteiger partial charge in [-0.15, -0.1) is 0 Å². The number of carbonyl (C=O) groups is 1. The Morgan fingerprint density at radius 2 is 0.953 bits per heavy atom. The number of rotatable bonds is 49. The van der Waals surface area contributed by atoms with Gasteiger partial charge in [-0.25, -0.2) is 0 Å². The average molecular weight is 921 g/mol. The highest BCUT2D eigenvalue weighted by Gasteiger charge is 2.24. The lowest BCUT2D eigenvalue weighted by Crippen LogP contribution is -2.46. The van der Waals surface area contributed by atoms with Crippen LogP contribution in [-0.2, 0) is 18.4 Å². The Hall–Kier alpha value is -1.54. The van der Waals surface area contributed by atoms with Gasteiger partial charge in [0.15, 0.2) is 0 Å². The first-order valence-electron chi connectivity index (χ1n) is 27.0. The second-order valence-corrected chi connectivity index (χ2v) is 21.0. The normalized spacial score (nSPS) is 14.4. The van der Waals surface area contributed by atoms with Crippen LogP contribution in [0.3, 0.4) is 0 Å². The van der Waals surface area contributed by atoms with Crippen LogP contribution in [-0.4, -0.2) is 68.5 Å². The zero-order valence-corrected chi connectivity index (χ0v) is 43.6. The molecule has 0 fully saturated rings. The Morgan fingerprint density at radius 3 is 1.39 bits per heavy atom. The quantitative estimate of drug-likeness (QED) is 0.0272. The summed E-state index contributed by atoms with van der Waals surface area (Å²) in [5.41, 5.74) is 0. The molecule has 0 aliphatic rings. The highest BCUT2D eigenvalue weighted by molar-refractivity contribution is 7.45. The molecule has 0 spiro atoms. The number of phosphoric acid groups is 1. The molecule has 2 N–H and O–H groups in total. The molecule has 64 heavy (non-hydrogen) atoms. The number of amides is 1. The maximum Gasteiger partial charge on any atom is 0.268 e. The predicted molar refractivity (Wildman–Crippen MR) is 274 cm³/mol. The molecular formula is C55H105N2O6P. The van der Waals surface area contributed by atoms with Crippen LogP contribution in [0.25, 0.3) is 0 Å². The topological polar surface area (TPSA) is 108 Å². The maximum atomic E-state index is 12.9. The van der Waals surface area contributed by atoms with E-state index in [1.807, 2.05) is 21.1 Å². The van der Waals surface area contributed by atoms with E-state index < -0.39 is 20.0 Å². The van der Waals surface area contributed by atoms with Gasteiger partial charge in [-0.2, -0.15) is 0 Å². The fourth-order valence-corrected chi connectivity index (χ4v) is 8.58. The zero-order chi connectivity index (χ0) is 47.1. The van der Waals surface area contributed by atoms with Crippen molar-refractivity contribution < 1.29 is 32.9 Å². The summed E-state index contributed by atoms with van der Waals surface area (Å²) in [4.78, 5) is 25.4. The second kappa shape index (κ2) is 46.6. The lowest BCUT2D eigenvalue weighted by molar-refractivity contribution is -0.870. The van der Waals surface area contributed by atoms with E-state index in [0.29, 0.717) is 23.9 Å². The van der Waals surface area contributed by atoms with E-state index in [2.05, 4.69) is 67.8 Å². The van der Waals surface area contributed by atoms with Gasteiger partial charge in [0, 0.05) is 6.42 Å². The van der Waals surface area contributed by atoms with Gasteiger partial charge in [-0.05, 0) is 51.4 Å². The Kier molecular flexibility index (Phi) is 45.4. The van der Waals surface area contributed by atoms with Gasteiger partial charge in [-0.3, -0.25) is 9.36 Å².